The van der Waals surface area contributed by atoms with E-state index in [1.807, 2.05) is 0 Å². The number of rotatable bonds is 1. The summed E-state index contributed by atoms with van der Waals surface area (Å²) in [5, 5.41) is 0. The van der Waals surface area contributed by atoms with E-state index in [4.69, 9.17) is 0 Å². The molecular formula is C12H22. The maximum atomic E-state index is 2.40. The molecule has 0 aliphatic heterocycles. The molecule has 0 bridgehead atoms. The third-order valence-electron chi connectivity index (χ3n) is 4.27. The van der Waals surface area contributed by atoms with Crippen LogP contribution in [0.5, 0.6) is 0 Å². The first-order valence-electron chi connectivity index (χ1n) is 5.77. The smallest absolute Gasteiger partial charge is 0.0383 e. The van der Waals surface area contributed by atoms with Crippen LogP contribution in [0.4, 0.5) is 0 Å². The first kappa shape index (κ1) is 8.59. The first-order valence-corrected chi connectivity index (χ1v) is 5.77. The predicted molar refractivity (Wildman–Crippen MR) is 53.0 cm³/mol. The van der Waals surface area contributed by atoms with Crippen LogP contribution in [0.25, 0.3) is 0 Å². The largest absolute Gasteiger partial charge is 0.0625 e. The number of hydrogen-bond donors (Lipinski definition) is 0. The van der Waals surface area contributed by atoms with E-state index in [0.717, 1.165) is 23.7 Å². The molecule has 2 aliphatic rings. The maximum Gasteiger partial charge on any atom is -0.0383 e. The summed E-state index contributed by atoms with van der Waals surface area (Å²) >= 11 is 0. The summed E-state index contributed by atoms with van der Waals surface area (Å²) in [5.74, 6) is 4.27. The van der Waals surface area contributed by atoms with Gasteiger partial charge in [0.05, 0.1) is 0 Å². The van der Waals surface area contributed by atoms with Gasteiger partial charge in [-0.25, -0.2) is 0 Å². The molecule has 2 aliphatic carbocycles. The molecule has 0 nitrogen and oxygen atoms in total. The minimum Gasteiger partial charge on any atom is -0.0625 e. The molecule has 2 rings (SSSR count). The molecule has 0 radical (unpaired) electrons. The van der Waals surface area contributed by atoms with Gasteiger partial charge in [0.2, 0.25) is 0 Å². The SMILES string of the molecule is CC(C)C1CCC2CCCC2C1. The average molecular weight is 166 g/mol. The molecule has 3 unspecified atom stereocenters. The lowest BCUT2D eigenvalue weighted by atomic mass is 9.72. The molecule has 2 saturated carbocycles. The van der Waals surface area contributed by atoms with Crippen LogP contribution in [0, 0.1) is 23.7 Å². The summed E-state index contributed by atoms with van der Waals surface area (Å²) < 4.78 is 0. The van der Waals surface area contributed by atoms with Crippen molar-refractivity contribution in [1.82, 2.24) is 0 Å². The van der Waals surface area contributed by atoms with Gasteiger partial charge in [0.25, 0.3) is 0 Å². The normalized spacial score (nSPS) is 41.8. The van der Waals surface area contributed by atoms with E-state index >= 15 is 0 Å². The van der Waals surface area contributed by atoms with Crippen LogP contribution in [-0.4, -0.2) is 0 Å². The molecule has 70 valence electrons. The molecule has 0 heteroatoms. The standard InChI is InChI=1S/C12H22/c1-9(2)11-7-6-10-4-3-5-12(10)8-11/h9-12H,3-8H2,1-2H3. The Kier molecular flexibility index (Phi) is 2.43. The molecular weight excluding hydrogens is 144 g/mol. The third kappa shape index (κ3) is 1.53. The quantitative estimate of drug-likeness (QED) is 0.555. The van der Waals surface area contributed by atoms with Gasteiger partial charge >= 0.3 is 0 Å². The second-order valence-corrected chi connectivity index (χ2v) is 5.27. The lowest BCUT2D eigenvalue weighted by molar-refractivity contribution is 0.171. The maximum absolute atomic E-state index is 2.40. The van der Waals surface area contributed by atoms with Crippen LogP contribution in [-0.2, 0) is 0 Å². The Morgan fingerprint density at radius 3 is 2.42 bits per heavy atom. The van der Waals surface area contributed by atoms with Gasteiger partial charge in [0.15, 0.2) is 0 Å². The molecule has 0 aromatic carbocycles. The second-order valence-electron chi connectivity index (χ2n) is 5.27. The van der Waals surface area contributed by atoms with E-state index in [9.17, 15) is 0 Å². The van der Waals surface area contributed by atoms with E-state index in [-0.39, 0.29) is 0 Å². The zero-order chi connectivity index (χ0) is 8.55. The molecule has 0 amide bonds. The minimum atomic E-state index is 0.937. The Hall–Kier alpha value is 0. The van der Waals surface area contributed by atoms with Gasteiger partial charge in [-0.1, -0.05) is 33.1 Å². The highest BCUT2D eigenvalue weighted by Crippen LogP contribution is 2.45. The van der Waals surface area contributed by atoms with Crippen LogP contribution < -0.4 is 0 Å². The predicted octanol–water partition coefficient (Wildman–Crippen LogP) is 3.86. The van der Waals surface area contributed by atoms with E-state index in [2.05, 4.69) is 13.8 Å². The van der Waals surface area contributed by atoms with Crippen molar-refractivity contribution >= 4 is 0 Å². The third-order valence-corrected chi connectivity index (χ3v) is 4.27. The fourth-order valence-corrected chi connectivity index (χ4v) is 3.34. The monoisotopic (exact) mass is 166 g/mol. The highest BCUT2D eigenvalue weighted by Gasteiger charge is 2.34. The Morgan fingerprint density at radius 2 is 1.67 bits per heavy atom. The Balaban J connectivity index is 1.92. The number of fused-ring (bicyclic) bond motifs is 1. The first-order chi connectivity index (χ1) is 5.77. The van der Waals surface area contributed by atoms with Gasteiger partial charge in [-0.3, -0.25) is 0 Å². The Morgan fingerprint density at radius 1 is 0.917 bits per heavy atom. The molecule has 12 heavy (non-hydrogen) atoms. The van der Waals surface area contributed by atoms with E-state index in [0.29, 0.717) is 0 Å². The van der Waals surface area contributed by atoms with Crippen molar-refractivity contribution in [2.45, 2.75) is 52.4 Å². The fraction of sp³-hybridized carbons (Fsp3) is 1.00. The Labute approximate surface area is 76.7 Å². The minimum absolute atomic E-state index is 0.937. The van der Waals surface area contributed by atoms with Crippen LogP contribution in [0.1, 0.15) is 52.4 Å². The van der Waals surface area contributed by atoms with Crippen LogP contribution in [0.15, 0.2) is 0 Å². The van der Waals surface area contributed by atoms with E-state index < -0.39 is 0 Å². The molecule has 0 aromatic rings. The van der Waals surface area contributed by atoms with Crippen LogP contribution in [0.3, 0.4) is 0 Å². The van der Waals surface area contributed by atoms with Gasteiger partial charge in [0, 0.05) is 0 Å². The molecule has 0 heterocycles. The van der Waals surface area contributed by atoms with Crippen molar-refractivity contribution in [3.8, 4) is 0 Å². The fourth-order valence-electron chi connectivity index (χ4n) is 3.34. The topological polar surface area (TPSA) is 0 Å². The molecule has 0 aromatic heterocycles. The summed E-state index contributed by atoms with van der Waals surface area (Å²) in [6.07, 6.45) is 9.26. The van der Waals surface area contributed by atoms with Crippen molar-refractivity contribution in [2.75, 3.05) is 0 Å². The average Bonchev–Trinajstić information content (AvgIpc) is 2.49. The summed E-state index contributed by atoms with van der Waals surface area (Å²) in [6, 6.07) is 0. The lowest BCUT2D eigenvalue weighted by Crippen LogP contribution is -2.23. The Bertz CT molecular complexity index is 148. The summed E-state index contributed by atoms with van der Waals surface area (Å²) in [6.45, 7) is 4.81. The molecule has 0 saturated heterocycles. The zero-order valence-corrected chi connectivity index (χ0v) is 8.55. The summed E-state index contributed by atoms with van der Waals surface area (Å²) in [4.78, 5) is 0. The zero-order valence-electron chi connectivity index (χ0n) is 8.55. The second kappa shape index (κ2) is 3.40. The van der Waals surface area contributed by atoms with Crippen LogP contribution in [0.2, 0.25) is 0 Å². The van der Waals surface area contributed by atoms with E-state index in [1.165, 1.54) is 12.8 Å². The highest BCUT2D eigenvalue weighted by molar-refractivity contribution is 4.85. The van der Waals surface area contributed by atoms with Gasteiger partial charge in [-0.15, -0.1) is 0 Å². The van der Waals surface area contributed by atoms with Gasteiger partial charge in [-0.05, 0) is 42.9 Å². The van der Waals surface area contributed by atoms with Crippen molar-refractivity contribution in [3.05, 3.63) is 0 Å². The summed E-state index contributed by atoms with van der Waals surface area (Å²) in [7, 11) is 0. The highest BCUT2D eigenvalue weighted by atomic mass is 14.4. The number of hydrogen-bond acceptors (Lipinski definition) is 0. The van der Waals surface area contributed by atoms with E-state index in [1.54, 1.807) is 25.7 Å². The van der Waals surface area contributed by atoms with Gasteiger partial charge in [0.1, 0.15) is 0 Å². The van der Waals surface area contributed by atoms with Gasteiger partial charge in [-0.2, -0.15) is 0 Å². The molecule has 2 fully saturated rings. The molecule has 3 atom stereocenters. The van der Waals surface area contributed by atoms with Crippen molar-refractivity contribution in [2.24, 2.45) is 23.7 Å². The lowest BCUT2D eigenvalue weighted by Gasteiger charge is -2.34. The molecule has 0 spiro atoms. The van der Waals surface area contributed by atoms with Crippen molar-refractivity contribution in [3.63, 3.8) is 0 Å². The molecule has 0 N–H and O–H groups in total. The summed E-state index contributed by atoms with van der Waals surface area (Å²) in [5.41, 5.74) is 0. The van der Waals surface area contributed by atoms with Crippen molar-refractivity contribution < 1.29 is 0 Å². The van der Waals surface area contributed by atoms with Gasteiger partial charge < -0.3 is 0 Å². The van der Waals surface area contributed by atoms with Crippen molar-refractivity contribution in [1.29, 1.82) is 0 Å². The van der Waals surface area contributed by atoms with Crippen LogP contribution >= 0.6 is 0 Å².